The lowest BCUT2D eigenvalue weighted by molar-refractivity contribution is 0.0601. The molecule has 3 rings (SSSR count). The molecule has 0 unspecified atom stereocenters. The molecule has 0 radical (unpaired) electrons. The number of methoxy groups -OCH3 is 1. The minimum Gasteiger partial charge on any atom is -0.465 e. The van der Waals surface area contributed by atoms with Gasteiger partial charge in [-0.25, -0.2) is 4.79 Å². The minimum atomic E-state index is -3.65. The summed E-state index contributed by atoms with van der Waals surface area (Å²) in [5.74, 6) is -0.168. The molecule has 0 saturated carbocycles. The Bertz CT molecular complexity index is 871. The number of carbonyl (C=O) groups excluding carboxylic acids is 1. The molecule has 1 heterocycles. The van der Waals surface area contributed by atoms with Gasteiger partial charge in [0.15, 0.2) is 5.84 Å². The molecule has 112 valence electrons. The van der Waals surface area contributed by atoms with Crippen molar-refractivity contribution in [3.8, 4) is 0 Å². The monoisotopic (exact) mass is 316 g/mol. The van der Waals surface area contributed by atoms with Crippen LogP contribution in [0.5, 0.6) is 0 Å². The van der Waals surface area contributed by atoms with E-state index in [9.17, 15) is 13.2 Å². The molecule has 1 aliphatic rings. The van der Waals surface area contributed by atoms with Crippen molar-refractivity contribution in [3.05, 3.63) is 59.7 Å². The Labute approximate surface area is 127 Å². The summed E-state index contributed by atoms with van der Waals surface area (Å²) in [7, 11) is -2.34. The SMILES string of the molecule is COC(=O)c1ccc(NC2=NS(=O)(=O)c3ccccc32)cc1. The first kappa shape index (κ1) is 14.3. The van der Waals surface area contributed by atoms with Crippen molar-refractivity contribution in [2.45, 2.75) is 4.90 Å². The van der Waals surface area contributed by atoms with Gasteiger partial charge in [0.2, 0.25) is 0 Å². The molecule has 7 heteroatoms. The summed E-state index contributed by atoms with van der Waals surface area (Å²) in [6.07, 6.45) is 0. The van der Waals surface area contributed by atoms with Crippen molar-refractivity contribution < 1.29 is 17.9 Å². The van der Waals surface area contributed by atoms with Crippen LogP contribution in [-0.4, -0.2) is 27.3 Å². The highest BCUT2D eigenvalue weighted by Crippen LogP contribution is 2.26. The molecule has 2 aromatic carbocycles. The molecular weight excluding hydrogens is 304 g/mol. The lowest BCUT2D eigenvalue weighted by Gasteiger charge is -2.07. The zero-order valence-electron chi connectivity index (χ0n) is 11.6. The van der Waals surface area contributed by atoms with Crippen LogP contribution in [0.15, 0.2) is 57.8 Å². The number of carbonyl (C=O) groups is 1. The first-order valence-electron chi connectivity index (χ1n) is 6.41. The number of anilines is 1. The average molecular weight is 316 g/mol. The van der Waals surface area contributed by atoms with Crippen LogP contribution in [0, 0.1) is 0 Å². The molecule has 0 amide bonds. The summed E-state index contributed by atoms with van der Waals surface area (Å²) in [5.41, 5.74) is 1.56. The van der Waals surface area contributed by atoms with E-state index in [2.05, 4.69) is 14.5 Å². The van der Waals surface area contributed by atoms with Gasteiger partial charge in [-0.05, 0) is 36.4 Å². The van der Waals surface area contributed by atoms with Crippen LogP contribution >= 0.6 is 0 Å². The smallest absolute Gasteiger partial charge is 0.337 e. The molecule has 0 spiro atoms. The van der Waals surface area contributed by atoms with Crippen LogP contribution in [0.2, 0.25) is 0 Å². The number of hydrogen-bond acceptors (Lipinski definition) is 5. The van der Waals surface area contributed by atoms with Gasteiger partial charge in [-0.3, -0.25) is 0 Å². The zero-order chi connectivity index (χ0) is 15.7. The van der Waals surface area contributed by atoms with Gasteiger partial charge in [-0.2, -0.15) is 8.42 Å². The number of hydrogen-bond donors (Lipinski definition) is 1. The third-order valence-electron chi connectivity index (χ3n) is 3.20. The Morgan fingerprint density at radius 2 is 1.77 bits per heavy atom. The highest BCUT2D eigenvalue weighted by molar-refractivity contribution is 7.90. The lowest BCUT2D eigenvalue weighted by atomic mass is 10.1. The molecule has 0 atom stereocenters. The second-order valence-electron chi connectivity index (χ2n) is 4.61. The first-order chi connectivity index (χ1) is 10.5. The van der Waals surface area contributed by atoms with Crippen molar-refractivity contribution >= 4 is 27.5 Å². The van der Waals surface area contributed by atoms with Gasteiger partial charge < -0.3 is 10.1 Å². The van der Waals surface area contributed by atoms with Crippen LogP contribution in [0.3, 0.4) is 0 Å². The van der Waals surface area contributed by atoms with Crippen LogP contribution in [0.25, 0.3) is 0 Å². The average Bonchev–Trinajstić information content (AvgIpc) is 2.79. The molecule has 0 fully saturated rings. The van der Waals surface area contributed by atoms with Crippen molar-refractivity contribution in [3.63, 3.8) is 0 Å². The lowest BCUT2D eigenvalue weighted by Crippen LogP contribution is -2.11. The summed E-state index contributed by atoms with van der Waals surface area (Å²) >= 11 is 0. The second-order valence-corrected chi connectivity index (χ2v) is 6.18. The third-order valence-corrected chi connectivity index (χ3v) is 4.54. The molecule has 2 aromatic rings. The van der Waals surface area contributed by atoms with Gasteiger partial charge in [0.1, 0.15) is 4.90 Å². The van der Waals surface area contributed by atoms with Gasteiger partial charge in [-0.15, -0.1) is 4.40 Å². The fraction of sp³-hybridized carbons (Fsp3) is 0.0667. The topological polar surface area (TPSA) is 84.8 Å². The predicted octanol–water partition coefficient (Wildman–Crippen LogP) is 2.03. The highest BCUT2D eigenvalue weighted by Gasteiger charge is 2.28. The largest absolute Gasteiger partial charge is 0.465 e. The van der Waals surface area contributed by atoms with E-state index >= 15 is 0 Å². The normalized spacial score (nSPS) is 14.9. The molecule has 0 aliphatic carbocycles. The molecule has 6 nitrogen and oxygen atoms in total. The Morgan fingerprint density at radius 3 is 2.45 bits per heavy atom. The van der Waals surface area contributed by atoms with E-state index in [4.69, 9.17) is 0 Å². The highest BCUT2D eigenvalue weighted by atomic mass is 32.2. The van der Waals surface area contributed by atoms with E-state index in [0.29, 0.717) is 16.8 Å². The zero-order valence-corrected chi connectivity index (χ0v) is 12.4. The summed E-state index contributed by atoms with van der Waals surface area (Å²) in [6.45, 7) is 0. The van der Waals surface area contributed by atoms with E-state index < -0.39 is 16.0 Å². The summed E-state index contributed by atoms with van der Waals surface area (Å²) in [5, 5.41) is 2.96. The van der Waals surface area contributed by atoms with Crippen molar-refractivity contribution in [2.75, 3.05) is 12.4 Å². The minimum absolute atomic E-state index is 0.184. The van der Waals surface area contributed by atoms with Gasteiger partial charge in [0.25, 0.3) is 10.0 Å². The molecule has 1 aliphatic heterocycles. The van der Waals surface area contributed by atoms with E-state index in [0.717, 1.165) is 0 Å². The molecule has 0 saturated heterocycles. The third kappa shape index (κ3) is 2.46. The maximum Gasteiger partial charge on any atom is 0.337 e. The molecule has 22 heavy (non-hydrogen) atoms. The molecule has 0 aromatic heterocycles. The van der Waals surface area contributed by atoms with E-state index in [1.807, 2.05) is 0 Å². The van der Waals surface area contributed by atoms with Crippen molar-refractivity contribution in [1.82, 2.24) is 0 Å². The number of nitrogens with zero attached hydrogens (tertiary/aromatic N) is 1. The van der Waals surface area contributed by atoms with E-state index in [1.54, 1.807) is 42.5 Å². The fourth-order valence-electron chi connectivity index (χ4n) is 2.14. The number of esters is 1. The van der Waals surface area contributed by atoms with Crippen LogP contribution in [0.4, 0.5) is 5.69 Å². The van der Waals surface area contributed by atoms with Crippen molar-refractivity contribution in [1.29, 1.82) is 0 Å². The van der Waals surface area contributed by atoms with Crippen LogP contribution < -0.4 is 5.32 Å². The number of amidine groups is 1. The Kier molecular flexibility index (Phi) is 3.42. The molecule has 0 bridgehead atoms. The maximum atomic E-state index is 11.9. The molecule has 1 N–H and O–H groups in total. The van der Waals surface area contributed by atoms with Crippen LogP contribution in [-0.2, 0) is 14.8 Å². The summed E-state index contributed by atoms with van der Waals surface area (Å²) in [6, 6.07) is 13.1. The van der Waals surface area contributed by atoms with Crippen molar-refractivity contribution in [2.24, 2.45) is 4.40 Å². The first-order valence-corrected chi connectivity index (χ1v) is 7.85. The standard InChI is InChI=1S/C15H12N2O4S/c1-21-15(18)10-6-8-11(9-7-10)16-14-12-4-2-3-5-13(12)22(19,20)17-14/h2-9H,1H3,(H,16,17). The number of benzene rings is 2. The number of sulfonamides is 1. The van der Waals surface area contributed by atoms with Gasteiger partial charge in [0, 0.05) is 11.3 Å². The number of ether oxygens (including phenoxy) is 1. The van der Waals surface area contributed by atoms with Gasteiger partial charge in [-0.1, -0.05) is 12.1 Å². The Hall–Kier alpha value is -2.67. The number of rotatable bonds is 2. The summed E-state index contributed by atoms with van der Waals surface area (Å²) < 4.78 is 32.3. The van der Waals surface area contributed by atoms with Crippen LogP contribution in [0.1, 0.15) is 15.9 Å². The van der Waals surface area contributed by atoms with Gasteiger partial charge >= 0.3 is 5.97 Å². The summed E-state index contributed by atoms with van der Waals surface area (Å²) in [4.78, 5) is 11.6. The van der Waals surface area contributed by atoms with E-state index in [1.165, 1.54) is 13.2 Å². The maximum absolute atomic E-state index is 11.9. The molecular formula is C15H12N2O4S. The van der Waals surface area contributed by atoms with E-state index in [-0.39, 0.29) is 10.7 Å². The predicted molar refractivity (Wildman–Crippen MR) is 81.6 cm³/mol. The number of nitrogens with one attached hydrogen (secondary N) is 1. The second kappa shape index (κ2) is 5.27. The quantitative estimate of drug-likeness (QED) is 0.857. The van der Waals surface area contributed by atoms with Gasteiger partial charge in [0.05, 0.1) is 12.7 Å². The Balaban J connectivity index is 1.90. The number of fused-ring (bicyclic) bond motifs is 1. The Morgan fingerprint density at radius 1 is 1.09 bits per heavy atom. The fourth-order valence-corrected chi connectivity index (χ4v) is 3.32.